The quantitative estimate of drug-likeness (QED) is 0.524. The first-order valence-electron chi connectivity index (χ1n) is 3.96. The number of non-ortho nitro benzene ring substituents is 1. The monoisotopic (exact) mass is 316 g/mol. The summed E-state index contributed by atoms with van der Waals surface area (Å²) in [5, 5.41) is 12.1. The predicted octanol–water partition coefficient (Wildman–Crippen LogP) is 3.56. The Labute approximate surface area is 110 Å². The summed E-state index contributed by atoms with van der Waals surface area (Å²) in [5.41, 5.74) is -0.384. The van der Waals surface area contributed by atoms with Crippen molar-refractivity contribution in [3.63, 3.8) is 0 Å². The molecular weight excluding hydrogens is 313 g/mol. The predicted molar refractivity (Wildman–Crippen MR) is 64.9 cm³/mol. The summed E-state index contributed by atoms with van der Waals surface area (Å²) >= 11 is 16.0. The molecule has 1 amide bonds. The fraction of sp³-hybridized carbons (Fsp3) is 0. The van der Waals surface area contributed by atoms with E-state index in [1.807, 2.05) is 5.09 Å². The lowest BCUT2D eigenvalue weighted by Crippen LogP contribution is -2.17. The minimum absolute atomic E-state index is 0.112. The van der Waals surface area contributed by atoms with Crippen LogP contribution < -0.4 is 5.09 Å². The topological polar surface area (TPSA) is 89.3 Å². The van der Waals surface area contributed by atoms with E-state index < -0.39 is 16.8 Å². The van der Waals surface area contributed by atoms with Gasteiger partial charge < -0.3 is 0 Å². The van der Waals surface area contributed by atoms with Crippen LogP contribution in [0.1, 0.15) is 10.4 Å². The van der Waals surface area contributed by atoms with Crippen molar-refractivity contribution in [2.45, 2.75) is 0 Å². The average molecular weight is 317 g/mol. The Morgan fingerprint density at radius 2 is 2.00 bits per heavy atom. The number of nitrogens with zero attached hydrogens (tertiary/aromatic N) is 1. The van der Waals surface area contributed by atoms with Crippen LogP contribution in [0.5, 0.6) is 0 Å². The highest BCUT2D eigenvalue weighted by atomic mass is 35.9. The second-order valence-electron chi connectivity index (χ2n) is 2.82. The third-order valence-corrected chi connectivity index (χ3v) is 2.92. The first kappa shape index (κ1) is 14.3. The molecule has 1 aromatic carbocycles. The third kappa shape index (κ3) is 4.16. The van der Waals surface area contributed by atoms with Gasteiger partial charge in [-0.15, -0.1) is 0 Å². The molecule has 0 aromatic heterocycles. The van der Waals surface area contributed by atoms with Crippen LogP contribution in [0.15, 0.2) is 18.2 Å². The Kier molecular flexibility index (Phi) is 4.38. The maximum atomic E-state index is 11.5. The number of halogens is 3. The van der Waals surface area contributed by atoms with Crippen molar-refractivity contribution >= 4 is 51.7 Å². The highest BCUT2D eigenvalue weighted by molar-refractivity contribution is 8.07. The van der Waals surface area contributed by atoms with Crippen LogP contribution >= 0.6 is 40.1 Å². The summed E-state index contributed by atoms with van der Waals surface area (Å²) in [5.74, 6) is -4.66. The van der Waals surface area contributed by atoms with E-state index in [4.69, 9.17) is 34.1 Å². The van der Waals surface area contributed by atoms with Gasteiger partial charge in [-0.2, -0.15) is 0 Å². The molecule has 1 rings (SSSR count). The van der Waals surface area contributed by atoms with Crippen molar-refractivity contribution in [2.24, 2.45) is 0 Å². The minimum Gasteiger partial charge on any atom is -0.279 e. The van der Waals surface area contributed by atoms with Crippen LogP contribution in [0.2, 0.25) is 5.02 Å². The molecule has 0 heterocycles. The van der Waals surface area contributed by atoms with Crippen molar-refractivity contribution in [1.82, 2.24) is 5.09 Å². The van der Waals surface area contributed by atoms with Gasteiger partial charge in [0.25, 0.3) is 11.6 Å². The van der Waals surface area contributed by atoms with Gasteiger partial charge in [0.05, 0.1) is 15.5 Å². The number of nitrogens with one attached hydrogen (secondary N) is 1. The molecule has 1 N–H and O–H groups in total. The summed E-state index contributed by atoms with van der Waals surface area (Å²) in [4.78, 5) is 21.2. The fourth-order valence-corrected chi connectivity index (χ4v) is 2.06. The van der Waals surface area contributed by atoms with E-state index in [0.717, 1.165) is 18.2 Å². The molecule has 0 bridgehead atoms. The number of nitro benzene ring substituents is 1. The molecule has 0 atom stereocenters. The van der Waals surface area contributed by atoms with Crippen LogP contribution in [0.3, 0.4) is 0 Å². The number of nitro groups is 1. The Balaban J connectivity index is 3.04. The molecule has 0 radical (unpaired) electrons. The standard InChI is InChI=1S/C7H4Cl3N2O4P/c8-6-3-4(12(14)15)1-2-5(6)7(13)11-17(9,10)16/h1-3H,(H,11,13,16). The maximum Gasteiger partial charge on any atom is 0.345 e. The van der Waals surface area contributed by atoms with E-state index >= 15 is 0 Å². The van der Waals surface area contributed by atoms with E-state index in [-0.39, 0.29) is 16.3 Å². The Bertz CT molecular complexity index is 530. The van der Waals surface area contributed by atoms with E-state index in [9.17, 15) is 19.5 Å². The Morgan fingerprint density at radius 3 is 2.41 bits per heavy atom. The molecule has 0 aliphatic rings. The van der Waals surface area contributed by atoms with E-state index in [1.54, 1.807) is 0 Å². The van der Waals surface area contributed by atoms with E-state index in [0.29, 0.717) is 0 Å². The first-order chi connectivity index (χ1) is 7.70. The van der Waals surface area contributed by atoms with Gasteiger partial charge in [-0.1, -0.05) is 11.6 Å². The second-order valence-corrected chi connectivity index (χ2v) is 7.76. The van der Waals surface area contributed by atoms with Gasteiger partial charge in [0.2, 0.25) is 0 Å². The van der Waals surface area contributed by atoms with Crippen molar-refractivity contribution in [3.05, 3.63) is 38.9 Å². The lowest BCUT2D eigenvalue weighted by molar-refractivity contribution is -0.384. The zero-order valence-electron chi connectivity index (χ0n) is 7.89. The molecule has 0 aliphatic carbocycles. The molecule has 92 valence electrons. The number of benzene rings is 1. The summed E-state index contributed by atoms with van der Waals surface area (Å²) in [6.45, 7) is 0. The minimum atomic E-state index is -3.79. The lowest BCUT2D eigenvalue weighted by atomic mass is 10.2. The summed E-state index contributed by atoms with van der Waals surface area (Å²) in [6, 6.07) is 3.18. The highest BCUT2D eigenvalue weighted by Crippen LogP contribution is 2.52. The number of carbonyl (C=O) groups excluding carboxylic acids is 1. The van der Waals surface area contributed by atoms with E-state index in [2.05, 4.69) is 0 Å². The molecule has 0 spiro atoms. The maximum absolute atomic E-state index is 11.5. The molecule has 0 unspecified atom stereocenters. The largest absolute Gasteiger partial charge is 0.345 e. The van der Waals surface area contributed by atoms with Gasteiger partial charge in [0.15, 0.2) is 0 Å². The van der Waals surface area contributed by atoms with Crippen molar-refractivity contribution in [1.29, 1.82) is 0 Å². The van der Waals surface area contributed by atoms with Gasteiger partial charge in [-0.25, -0.2) is 0 Å². The van der Waals surface area contributed by atoms with Crippen LogP contribution in [-0.2, 0) is 4.57 Å². The zero-order chi connectivity index (χ0) is 13.2. The SMILES string of the molecule is O=C(NP(=O)(Cl)Cl)c1ccc([N+](=O)[O-])cc1Cl. The molecule has 10 heteroatoms. The van der Waals surface area contributed by atoms with Crippen LogP contribution in [0, 0.1) is 10.1 Å². The second kappa shape index (κ2) is 5.23. The molecule has 0 fully saturated rings. The van der Waals surface area contributed by atoms with Crippen LogP contribution in [0.4, 0.5) is 5.69 Å². The molecule has 0 saturated carbocycles. The molecule has 6 nitrogen and oxygen atoms in total. The third-order valence-electron chi connectivity index (χ3n) is 1.64. The van der Waals surface area contributed by atoms with Gasteiger partial charge >= 0.3 is 6.00 Å². The lowest BCUT2D eigenvalue weighted by Gasteiger charge is -2.06. The van der Waals surface area contributed by atoms with Crippen molar-refractivity contribution < 1.29 is 14.3 Å². The smallest absolute Gasteiger partial charge is 0.279 e. The first-order valence-corrected chi connectivity index (χ1v) is 7.86. The van der Waals surface area contributed by atoms with Crippen LogP contribution in [-0.4, -0.2) is 10.8 Å². The van der Waals surface area contributed by atoms with Gasteiger partial charge in [-0.05, 0) is 28.5 Å². The highest BCUT2D eigenvalue weighted by Gasteiger charge is 2.21. The molecule has 1 aromatic rings. The number of hydrogen-bond donors (Lipinski definition) is 1. The van der Waals surface area contributed by atoms with Crippen LogP contribution in [0.25, 0.3) is 0 Å². The van der Waals surface area contributed by atoms with E-state index in [1.165, 1.54) is 0 Å². The Hall–Kier alpha value is -0.810. The molecule has 17 heavy (non-hydrogen) atoms. The molecular formula is C7H4Cl3N2O4P. The number of carbonyl (C=O) groups is 1. The summed E-state index contributed by atoms with van der Waals surface area (Å²) in [6.07, 6.45) is 0. The Morgan fingerprint density at radius 1 is 1.41 bits per heavy atom. The molecule has 0 aliphatic heterocycles. The summed E-state index contributed by atoms with van der Waals surface area (Å²) in [7, 11) is 0. The summed E-state index contributed by atoms with van der Waals surface area (Å²) < 4.78 is 10.9. The van der Waals surface area contributed by atoms with Gasteiger partial charge in [0, 0.05) is 12.1 Å². The number of rotatable bonds is 3. The normalized spacial score (nSPS) is 11.0. The van der Waals surface area contributed by atoms with Crippen molar-refractivity contribution in [3.8, 4) is 0 Å². The van der Waals surface area contributed by atoms with Gasteiger partial charge in [-0.3, -0.25) is 24.6 Å². The number of hydrogen-bond acceptors (Lipinski definition) is 4. The molecule has 0 saturated heterocycles. The fourth-order valence-electron chi connectivity index (χ4n) is 0.980. The van der Waals surface area contributed by atoms with Gasteiger partial charge in [0.1, 0.15) is 0 Å². The van der Waals surface area contributed by atoms with Crippen molar-refractivity contribution in [2.75, 3.05) is 0 Å². The number of amides is 1. The average Bonchev–Trinajstić information content (AvgIpc) is 2.14. The zero-order valence-corrected chi connectivity index (χ0v) is 11.1.